The number of hydrogen-bond donors (Lipinski definition) is 0. The third kappa shape index (κ3) is 6.34. The molecule has 0 N–H and O–H groups in total. The van der Waals surface area contributed by atoms with Gasteiger partial charge in [0.25, 0.3) is 5.91 Å². The smallest absolute Gasteiger partial charge is 0.253 e. The van der Waals surface area contributed by atoms with Crippen LogP contribution in [-0.4, -0.2) is 41.9 Å². The molecule has 0 aromatic heterocycles. The zero-order valence-electron chi connectivity index (χ0n) is 17.7. The van der Waals surface area contributed by atoms with Gasteiger partial charge < -0.3 is 9.64 Å². The Morgan fingerprint density at radius 2 is 1.58 bits per heavy atom. The number of carbonyl (C=O) groups is 1. The van der Waals surface area contributed by atoms with E-state index in [-0.39, 0.29) is 5.91 Å². The van der Waals surface area contributed by atoms with Crippen LogP contribution in [0.3, 0.4) is 0 Å². The normalized spacial score (nSPS) is 14.4. The third-order valence-corrected chi connectivity index (χ3v) is 6.78. The minimum absolute atomic E-state index is 0.0237. The van der Waals surface area contributed by atoms with E-state index in [2.05, 4.69) is 4.90 Å². The van der Waals surface area contributed by atoms with Crippen molar-refractivity contribution in [2.24, 2.45) is 0 Å². The zero-order chi connectivity index (χ0) is 23.4. The molecule has 4 nitrogen and oxygen atoms in total. The summed E-state index contributed by atoms with van der Waals surface area (Å²) < 4.78 is 5.80. The van der Waals surface area contributed by atoms with Gasteiger partial charge in [-0.15, -0.1) is 0 Å². The first-order valence-corrected chi connectivity index (χ1v) is 12.0. The van der Waals surface area contributed by atoms with Crippen LogP contribution < -0.4 is 4.74 Å². The summed E-state index contributed by atoms with van der Waals surface area (Å²) in [6.45, 7) is 4.01. The molecule has 1 aliphatic heterocycles. The highest BCUT2D eigenvalue weighted by molar-refractivity contribution is 6.42. The third-order valence-electron chi connectivity index (χ3n) is 5.51. The van der Waals surface area contributed by atoms with E-state index < -0.39 is 0 Å². The Kier molecular flexibility index (Phi) is 8.05. The van der Waals surface area contributed by atoms with Crippen LogP contribution in [-0.2, 0) is 13.2 Å². The number of nitrogens with zero attached hydrogens (tertiary/aromatic N) is 2. The van der Waals surface area contributed by atoms with Gasteiger partial charge in [-0.3, -0.25) is 9.69 Å². The van der Waals surface area contributed by atoms with E-state index >= 15 is 0 Å². The number of rotatable bonds is 6. The Morgan fingerprint density at radius 1 is 0.788 bits per heavy atom. The summed E-state index contributed by atoms with van der Waals surface area (Å²) in [5, 5.41) is 2.12. The summed E-state index contributed by atoms with van der Waals surface area (Å²) in [6, 6.07) is 18.3. The molecule has 3 aromatic rings. The van der Waals surface area contributed by atoms with Crippen LogP contribution in [0.1, 0.15) is 21.5 Å². The lowest BCUT2D eigenvalue weighted by Crippen LogP contribution is -2.48. The molecule has 0 aliphatic carbocycles. The summed E-state index contributed by atoms with van der Waals surface area (Å²) in [5.74, 6) is 0.575. The maximum Gasteiger partial charge on any atom is 0.253 e. The molecule has 172 valence electrons. The summed E-state index contributed by atoms with van der Waals surface area (Å²) in [5.41, 5.74) is 2.65. The summed E-state index contributed by atoms with van der Waals surface area (Å²) >= 11 is 24.2. The Hall–Kier alpha value is -1.95. The van der Waals surface area contributed by atoms with Crippen molar-refractivity contribution in [3.05, 3.63) is 97.4 Å². The van der Waals surface area contributed by atoms with E-state index in [9.17, 15) is 4.79 Å². The van der Waals surface area contributed by atoms with Crippen molar-refractivity contribution in [3.8, 4) is 5.75 Å². The molecule has 1 saturated heterocycles. The summed E-state index contributed by atoms with van der Waals surface area (Å²) in [6.07, 6.45) is 0. The number of hydrogen-bond acceptors (Lipinski definition) is 3. The van der Waals surface area contributed by atoms with Crippen LogP contribution in [0.25, 0.3) is 0 Å². The predicted octanol–water partition coefficient (Wildman–Crippen LogP) is 6.84. The number of ether oxygens (including phenoxy) is 1. The van der Waals surface area contributed by atoms with Gasteiger partial charge in [0.15, 0.2) is 0 Å². The SMILES string of the molecule is O=C(c1cccc(COc2ccc(Cl)cc2Cl)c1)N1CCN(Cc2ccc(Cl)c(Cl)c2)CC1. The van der Waals surface area contributed by atoms with Crippen molar-refractivity contribution in [1.29, 1.82) is 0 Å². The van der Waals surface area contributed by atoms with Crippen LogP contribution in [0, 0.1) is 0 Å². The molecular weight excluding hydrogens is 502 g/mol. The molecule has 1 aliphatic rings. The van der Waals surface area contributed by atoms with E-state index in [0.717, 1.165) is 30.8 Å². The Labute approximate surface area is 213 Å². The largest absolute Gasteiger partial charge is 0.487 e. The first-order valence-electron chi connectivity index (χ1n) is 10.5. The number of carbonyl (C=O) groups excluding carboxylic acids is 1. The highest BCUT2D eigenvalue weighted by Gasteiger charge is 2.22. The molecule has 0 atom stereocenters. The van der Waals surface area contributed by atoms with E-state index in [1.165, 1.54) is 0 Å². The van der Waals surface area contributed by atoms with E-state index in [0.29, 0.717) is 51.1 Å². The van der Waals surface area contributed by atoms with Crippen LogP contribution in [0.15, 0.2) is 60.7 Å². The van der Waals surface area contributed by atoms with Gasteiger partial charge in [-0.25, -0.2) is 0 Å². The number of piperazine rings is 1. The van der Waals surface area contributed by atoms with Crippen molar-refractivity contribution in [2.45, 2.75) is 13.2 Å². The standard InChI is InChI=1S/C25H22Cl4N2O2/c26-20-5-7-24(23(29)14-20)33-16-18-2-1-3-19(12-18)25(32)31-10-8-30(9-11-31)15-17-4-6-21(27)22(28)13-17/h1-7,12-14H,8-11,15-16H2. The maximum atomic E-state index is 13.1. The summed E-state index contributed by atoms with van der Waals surface area (Å²) in [7, 11) is 0. The molecule has 4 rings (SSSR count). The fourth-order valence-corrected chi connectivity index (χ4v) is 4.52. The lowest BCUT2D eigenvalue weighted by Gasteiger charge is -2.35. The second kappa shape index (κ2) is 11.0. The first-order chi connectivity index (χ1) is 15.9. The lowest BCUT2D eigenvalue weighted by atomic mass is 10.1. The van der Waals surface area contributed by atoms with Crippen molar-refractivity contribution >= 4 is 52.3 Å². The van der Waals surface area contributed by atoms with Crippen molar-refractivity contribution < 1.29 is 9.53 Å². The molecule has 8 heteroatoms. The molecule has 3 aromatic carbocycles. The molecule has 1 fully saturated rings. The van der Waals surface area contributed by atoms with Gasteiger partial charge in [-0.05, 0) is 53.6 Å². The number of halogens is 4. The Morgan fingerprint density at radius 3 is 2.30 bits per heavy atom. The van der Waals surface area contributed by atoms with E-state index in [1.54, 1.807) is 18.2 Å². The van der Waals surface area contributed by atoms with E-state index in [4.69, 9.17) is 51.1 Å². The Balaban J connectivity index is 1.32. The molecule has 0 radical (unpaired) electrons. The molecule has 0 saturated carbocycles. The minimum Gasteiger partial charge on any atom is -0.487 e. The highest BCUT2D eigenvalue weighted by Crippen LogP contribution is 2.28. The van der Waals surface area contributed by atoms with Gasteiger partial charge in [0.05, 0.1) is 15.1 Å². The average Bonchev–Trinajstić information content (AvgIpc) is 2.81. The average molecular weight is 524 g/mol. The monoisotopic (exact) mass is 522 g/mol. The number of amides is 1. The second-order valence-corrected chi connectivity index (χ2v) is 9.54. The zero-order valence-corrected chi connectivity index (χ0v) is 20.8. The quantitative estimate of drug-likeness (QED) is 0.354. The minimum atomic E-state index is 0.0237. The molecular formula is C25H22Cl4N2O2. The Bertz CT molecular complexity index is 1150. The van der Waals surface area contributed by atoms with Gasteiger partial charge in [0.1, 0.15) is 12.4 Å². The molecule has 1 heterocycles. The van der Waals surface area contributed by atoms with Crippen molar-refractivity contribution in [1.82, 2.24) is 9.80 Å². The van der Waals surface area contributed by atoms with E-state index in [1.807, 2.05) is 47.4 Å². The van der Waals surface area contributed by atoms with Crippen LogP contribution in [0.2, 0.25) is 20.1 Å². The molecule has 0 unspecified atom stereocenters. The fraction of sp³-hybridized carbons (Fsp3) is 0.240. The van der Waals surface area contributed by atoms with Gasteiger partial charge in [-0.1, -0.05) is 64.6 Å². The van der Waals surface area contributed by atoms with Crippen LogP contribution in [0.4, 0.5) is 0 Å². The van der Waals surface area contributed by atoms with Crippen LogP contribution >= 0.6 is 46.4 Å². The maximum absolute atomic E-state index is 13.1. The first kappa shape index (κ1) is 24.2. The molecule has 33 heavy (non-hydrogen) atoms. The van der Waals surface area contributed by atoms with Crippen molar-refractivity contribution in [2.75, 3.05) is 26.2 Å². The predicted molar refractivity (Wildman–Crippen MR) is 135 cm³/mol. The molecule has 0 spiro atoms. The van der Waals surface area contributed by atoms with Crippen molar-refractivity contribution in [3.63, 3.8) is 0 Å². The van der Waals surface area contributed by atoms with Gasteiger partial charge in [0.2, 0.25) is 0 Å². The molecule has 1 amide bonds. The lowest BCUT2D eigenvalue weighted by molar-refractivity contribution is 0.0628. The van der Waals surface area contributed by atoms with Gasteiger partial charge in [0, 0.05) is 43.3 Å². The molecule has 0 bridgehead atoms. The van der Waals surface area contributed by atoms with Crippen LogP contribution in [0.5, 0.6) is 5.75 Å². The second-order valence-electron chi connectivity index (χ2n) is 7.88. The van der Waals surface area contributed by atoms with Gasteiger partial charge in [-0.2, -0.15) is 0 Å². The fourth-order valence-electron chi connectivity index (χ4n) is 3.74. The topological polar surface area (TPSA) is 32.8 Å². The highest BCUT2D eigenvalue weighted by atomic mass is 35.5. The van der Waals surface area contributed by atoms with Gasteiger partial charge >= 0.3 is 0 Å². The summed E-state index contributed by atoms with van der Waals surface area (Å²) in [4.78, 5) is 17.3. The number of benzene rings is 3.